The van der Waals surface area contributed by atoms with Gasteiger partial charge in [0.05, 0.1) is 6.10 Å². The van der Waals surface area contributed by atoms with Gasteiger partial charge in [-0.2, -0.15) is 0 Å². The molecule has 0 radical (unpaired) electrons. The summed E-state index contributed by atoms with van der Waals surface area (Å²) >= 11 is 0. The van der Waals surface area contributed by atoms with Gasteiger partial charge in [0, 0.05) is 50.6 Å². The van der Waals surface area contributed by atoms with Crippen LogP contribution in [0.15, 0.2) is 18.2 Å². The topological polar surface area (TPSA) is 111 Å². The molecule has 8 nitrogen and oxygen atoms in total. The fourth-order valence-corrected chi connectivity index (χ4v) is 3.94. The highest BCUT2D eigenvalue weighted by Gasteiger charge is 2.39. The van der Waals surface area contributed by atoms with Crippen LogP contribution in [0.2, 0.25) is 0 Å². The van der Waals surface area contributed by atoms with Crippen LogP contribution in [0.3, 0.4) is 0 Å². The van der Waals surface area contributed by atoms with Crippen molar-refractivity contribution in [2.24, 2.45) is 5.92 Å². The number of nitrogens with one attached hydrogen (secondary N) is 3. The maximum absolute atomic E-state index is 13.0. The van der Waals surface area contributed by atoms with Gasteiger partial charge in [-0.15, -0.1) is 0 Å². The number of rotatable bonds is 6. The molecule has 3 aliphatic heterocycles. The van der Waals surface area contributed by atoms with Gasteiger partial charge in [-0.3, -0.25) is 19.7 Å². The van der Waals surface area contributed by atoms with E-state index < -0.39 is 18.1 Å². The fourth-order valence-electron chi connectivity index (χ4n) is 3.94. The molecule has 2 unspecified atom stereocenters. The number of fused-ring (bicyclic) bond motifs is 1. The lowest BCUT2D eigenvalue weighted by atomic mass is 9.96. The highest BCUT2D eigenvalue weighted by atomic mass is 16.3. The Morgan fingerprint density at radius 1 is 1.26 bits per heavy atom. The molecule has 3 amide bonds. The van der Waals surface area contributed by atoms with Crippen molar-refractivity contribution in [3.8, 4) is 0 Å². The molecule has 1 aromatic carbocycles. The van der Waals surface area contributed by atoms with Gasteiger partial charge in [-0.05, 0) is 17.5 Å². The molecular weight excluding hydrogens is 348 g/mol. The molecular formula is C19H24N4O4. The summed E-state index contributed by atoms with van der Waals surface area (Å²) in [6.45, 7) is 3.01. The van der Waals surface area contributed by atoms with E-state index in [0.29, 0.717) is 31.6 Å². The van der Waals surface area contributed by atoms with E-state index in [0.717, 1.165) is 24.2 Å². The van der Waals surface area contributed by atoms with Crippen LogP contribution in [0.5, 0.6) is 0 Å². The average Bonchev–Trinajstić information content (AvgIpc) is 2.91. The molecule has 0 bridgehead atoms. The van der Waals surface area contributed by atoms with Crippen LogP contribution in [-0.4, -0.2) is 59.5 Å². The summed E-state index contributed by atoms with van der Waals surface area (Å²) in [7, 11) is 0. The number of piperidine rings is 1. The molecule has 8 heteroatoms. The van der Waals surface area contributed by atoms with Crippen molar-refractivity contribution >= 4 is 17.7 Å². The fraction of sp³-hybridized carbons (Fsp3) is 0.526. The van der Waals surface area contributed by atoms with E-state index in [-0.39, 0.29) is 24.2 Å². The van der Waals surface area contributed by atoms with Crippen LogP contribution < -0.4 is 16.0 Å². The lowest BCUT2D eigenvalue weighted by Crippen LogP contribution is -2.52. The van der Waals surface area contributed by atoms with Gasteiger partial charge in [0.2, 0.25) is 11.8 Å². The first-order valence-electron chi connectivity index (χ1n) is 9.39. The van der Waals surface area contributed by atoms with E-state index in [1.54, 1.807) is 4.90 Å². The normalized spacial score (nSPS) is 23.8. The third-order valence-electron chi connectivity index (χ3n) is 5.66. The van der Waals surface area contributed by atoms with Gasteiger partial charge in [0.15, 0.2) is 0 Å². The third kappa shape index (κ3) is 3.47. The van der Waals surface area contributed by atoms with Crippen molar-refractivity contribution in [2.45, 2.75) is 38.1 Å². The first-order chi connectivity index (χ1) is 13.0. The molecule has 0 saturated carbocycles. The summed E-state index contributed by atoms with van der Waals surface area (Å²) in [5.74, 6) is -0.570. The number of aliphatic hydroxyl groups is 1. The summed E-state index contributed by atoms with van der Waals surface area (Å²) in [5, 5.41) is 18.8. The molecule has 3 aliphatic rings. The van der Waals surface area contributed by atoms with Crippen molar-refractivity contribution in [2.75, 3.05) is 19.6 Å². The number of hydrogen-bond acceptors (Lipinski definition) is 6. The van der Waals surface area contributed by atoms with Crippen molar-refractivity contribution in [1.82, 2.24) is 20.9 Å². The standard InChI is InChI=1S/C19H24N4O4/c24-15(13-7-20-8-13)9-21-6-11-2-1-3-12-10-23(19(27)17(11)12)14-4-5-16(25)22-18(14)26/h1-3,13-15,20-21,24H,4-10H2,(H,22,25,26). The largest absolute Gasteiger partial charge is 0.391 e. The first-order valence-corrected chi connectivity index (χ1v) is 9.39. The number of carbonyl (C=O) groups excluding carboxylic acids is 3. The quantitative estimate of drug-likeness (QED) is 0.483. The van der Waals surface area contributed by atoms with Crippen LogP contribution in [0.4, 0.5) is 0 Å². The molecule has 0 spiro atoms. The summed E-state index contributed by atoms with van der Waals surface area (Å²) in [4.78, 5) is 38.1. The Labute approximate surface area is 157 Å². The van der Waals surface area contributed by atoms with Crippen LogP contribution in [0.1, 0.15) is 34.3 Å². The van der Waals surface area contributed by atoms with E-state index in [9.17, 15) is 19.5 Å². The summed E-state index contributed by atoms with van der Waals surface area (Å²) < 4.78 is 0. The van der Waals surface area contributed by atoms with Crippen molar-refractivity contribution in [1.29, 1.82) is 0 Å². The Kier molecular flexibility index (Phi) is 4.94. The second-order valence-corrected chi connectivity index (χ2v) is 7.47. The molecule has 2 fully saturated rings. The minimum absolute atomic E-state index is 0.166. The third-order valence-corrected chi connectivity index (χ3v) is 5.66. The van der Waals surface area contributed by atoms with E-state index in [1.165, 1.54) is 0 Å². The number of carbonyl (C=O) groups is 3. The van der Waals surface area contributed by atoms with Crippen LogP contribution >= 0.6 is 0 Å². The van der Waals surface area contributed by atoms with Crippen LogP contribution in [-0.2, 0) is 22.7 Å². The molecule has 1 aromatic rings. The smallest absolute Gasteiger partial charge is 0.255 e. The van der Waals surface area contributed by atoms with Crippen LogP contribution in [0, 0.1) is 5.92 Å². The van der Waals surface area contributed by atoms with Crippen molar-refractivity contribution < 1.29 is 19.5 Å². The SMILES string of the molecule is O=C1CCC(N2Cc3cccc(CNCC(O)C4CNC4)c3C2=O)C(=O)N1. The van der Waals surface area contributed by atoms with Crippen LogP contribution in [0.25, 0.3) is 0 Å². The minimum atomic E-state index is -0.601. The highest BCUT2D eigenvalue weighted by Crippen LogP contribution is 2.29. The molecule has 2 atom stereocenters. The minimum Gasteiger partial charge on any atom is -0.391 e. The molecule has 0 aliphatic carbocycles. The number of amides is 3. The monoisotopic (exact) mass is 372 g/mol. The van der Waals surface area contributed by atoms with E-state index in [2.05, 4.69) is 16.0 Å². The maximum Gasteiger partial charge on any atom is 0.255 e. The Hall–Kier alpha value is -2.29. The Morgan fingerprint density at radius 2 is 2.07 bits per heavy atom. The molecule has 4 rings (SSSR count). The number of hydrogen-bond donors (Lipinski definition) is 4. The number of imide groups is 1. The van der Waals surface area contributed by atoms with Crippen molar-refractivity contribution in [3.05, 3.63) is 34.9 Å². The summed E-state index contributed by atoms with van der Waals surface area (Å²) in [6.07, 6.45) is 0.206. The number of benzene rings is 1. The Bertz CT molecular complexity index is 777. The zero-order valence-electron chi connectivity index (χ0n) is 15.0. The second kappa shape index (κ2) is 7.38. The summed E-state index contributed by atoms with van der Waals surface area (Å²) in [5.41, 5.74) is 2.40. The van der Waals surface area contributed by atoms with Gasteiger partial charge in [-0.25, -0.2) is 0 Å². The molecule has 0 aromatic heterocycles. The van der Waals surface area contributed by atoms with Gasteiger partial charge < -0.3 is 20.6 Å². The number of aliphatic hydroxyl groups excluding tert-OH is 1. The zero-order valence-corrected chi connectivity index (χ0v) is 15.0. The van der Waals surface area contributed by atoms with E-state index in [1.807, 2.05) is 18.2 Å². The van der Waals surface area contributed by atoms with Crippen molar-refractivity contribution in [3.63, 3.8) is 0 Å². The van der Waals surface area contributed by atoms with Gasteiger partial charge >= 0.3 is 0 Å². The predicted octanol–water partition coefficient (Wildman–Crippen LogP) is -0.882. The second-order valence-electron chi connectivity index (χ2n) is 7.47. The molecule has 3 heterocycles. The molecule has 4 N–H and O–H groups in total. The Morgan fingerprint density at radius 3 is 2.78 bits per heavy atom. The predicted molar refractivity (Wildman–Crippen MR) is 96.6 cm³/mol. The Balaban J connectivity index is 1.43. The molecule has 144 valence electrons. The lowest BCUT2D eigenvalue weighted by Gasteiger charge is -2.31. The molecule has 27 heavy (non-hydrogen) atoms. The van der Waals surface area contributed by atoms with Gasteiger partial charge in [0.1, 0.15) is 6.04 Å². The summed E-state index contributed by atoms with van der Waals surface area (Å²) in [6, 6.07) is 5.10. The van der Waals surface area contributed by atoms with E-state index in [4.69, 9.17) is 0 Å². The maximum atomic E-state index is 13.0. The zero-order chi connectivity index (χ0) is 19.0. The average molecular weight is 372 g/mol. The number of nitrogens with zero attached hydrogens (tertiary/aromatic N) is 1. The van der Waals surface area contributed by atoms with Gasteiger partial charge in [0.25, 0.3) is 5.91 Å². The highest BCUT2D eigenvalue weighted by molar-refractivity contribution is 6.05. The van der Waals surface area contributed by atoms with E-state index >= 15 is 0 Å². The van der Waals surface area contributed by atoms with Gasteiger partial charge in [-0.1, -0.05) is 18.2 Å². The lowest BCUT2D eigenvalue weighted by molar-refractivity contribution is -0.136. The first kappa shape index (κ1) is 18.1. The molecule has 2 saturated heterocycles.